The first-order chi connectivity index (χ1) is 9.11. The van der Waals surface area contributed by atoms with Gasteiger partial charge in [-0.3, -0.25) is 0 Å². The summed E-state index contributed by atoms with van der Waals surface area (Å²) in [6.07, 6.45) is 1.90. The van der Waals surface area contributed by atoms with Crippen molar-refractivity contribution in [2.45, 2.75) is 20.4 Å². The molecule has 0 saturated heterocycles. The maximum atomic E-state index is 6.07. The van der Waals surface area contributed by atoms with Crippen LogP contribution in [-0.2, 0) is 6.54 Å². The number of hydrogen-bond acceptors (Lipinski definition) is 6. The molecular weight excluding hydrogens is 276 g/mol. The van der Waals surface area contributed by atoms with E-state index in [4.69, 9.17) is 5.73 Å². The van der Waals surface area contributed by atoms with Gasteiger partial charge in [-0.05, 0) is 26.0 Å². The van der Waals surface area contributed by atoms with Crippen LogP contribution in [0.2, 0.25) is 0 Å². The Hall–Kier alpha value is -1.66. The van der Waals surface area contributed by atoms with E-state index in [0.29, 0.717) is 0 Å². The molecule has 0 aliphatic rings. The van der Waals surface area contributed by atoms with Crippen LogP contribution >= 0.6 is 22.7 Å². The second-order valence-corrected chi connectivity index (χ2v) is 6.89. The number of aromatic nitrogens is 2. The fraction of sp³-hybridized carbons (Fsp3) is 0.231. The van der Waals surface area contributed by atoms with Crippen LogP contribution in [0.5, 0.6) is 0 Å². The molecule has 0 aliphatic carbocycles. The van der Waals surface area contributed by atoms with Gasteiger partial charge in [0.1, 0.15) is 0 Å². The number of rotatable bonds is 3. The summed E-state index contributed by atoms with van der Waals surface area (Å²) in [5, 5.41) is 5.49. The maximum absolute atomic E-state index is 6.07. The fourth-order valence-corrected chi connectivity index (χ4v) is 3.52. The normalized spacial score (nSPS) is 11.1. The van der Waals surface area contributed by atoms with Gasteiger partial charge in [-0.15, -0.1) is 22.7 Å². The molecule has 3 rings (SSSR count). The minimum absolute atomic E-state index is 0.740. The van der Waals surface area contributed by atoms with E-state index in [-0.39, 0.29) is 0 Å². The molecule has 3 N–H and O–H groups in total. The third-order valence-corrected chi connectivity index (χ3v) is 4.64. The van der Waals surface area contributed by atoms with Gasteiger partial charge < -0.3 is 11.1 Å². The second-order valence-electron chi connectivity index (χ2n) is 4.34. The van der Waals surface area contributed by atoms with Gasteiger partial charge in [-0.25, -0.2) is 9.97 Å². The summed E-state index contributed by atoms with van der Waals surface area (Å²) in [5.41, 5.74) is 8.76. The fourth-order valence-electron chi connectivity index (χ4n) is 1.93. The number of anilines is 2. The lowest BCUT2D eigenvalue weighted by molar-refractivity contribution is 1.17. The average molecular weight is 290 g/mol. The van der Waals surface area contributed by atoms with Gasteiger partial charge in [0.15, 0.2) is 0 Å². The van der Waals surface area contributed by atoms with Crippen molar-refractivity contribution in [3.63, 3.8) is 0 Å². The van der Waals surface area contributed by atoms with Gasteiger partial charge in [0.05, 0.1) is 38.2 Å². The Morgan fingerprint density at radius 3 is 2.79 bits per heavy atom. The van der Waals surface area contributed by atoms with E-state index in [9.17, 15) is 0 Å². The molecule has 2 aromatic heterocycles. The number of fused-ring (bicyclic) bond motifs is 1. The van der Waals surface area contributed by atoms with Gasteiger partial charge in [-0.2, -0.15) is 0 Å². The Morgan fingerprint density at radius 1 is 1.21 bits per heavy atom. The molecule has 0 amide bonds. The first-order valence-corrected chi connectivity index (χ1v) is 7.57. The molecule has 19 heavy (non-hydrogen) atoms. The number of benzene rings is 1. The summed E-state index contributed by atoms with van der Waals surface area (Å²) in [5.74, 6) is 0. The van der Waals surface area contributed by atoms with Crippen LogP contribution in [0.25, 0.3) is 10.2 Å². The molecule has 0 aliphatic heterocycles. The maximum Gasteiger partial charge on any atom is 0.0907 e. The van der Waals surface area contributed by atoms with Crippen molar-refractivity contribution in [1.82, 2.24) is 9.97 Å². The highest BCUT2D eigenvalue weighted by Gasteiger charge is 2.06. The van der Waals surface area contributed by atoms with Crippen LogP contribution in [0.4, 0.5) is 11.4 Å². The molecule has 0 spiro atoms. The molecule has 98 valence electrons. The Bertz CT molecular complexity index is 729. The van der Waals surface area contributed by atoms with E-state index in [2.05, 4.69) is 15.3 Å². The van der Waals surface area contributed by atoms with Gasteiger partial charge in [0, 0.05) is 11.1 Å². The summed E-state index contributed by atoms with van der Waals surface area (Å²) in [4.78, 5) is 9.93. The standard InChI is InChI=1S/C13H14N4S2/c1-7-15-5-9(18-7)6-16-11-4-12-13(3-10(11)14)19-8(2)17-12/h3-5,16H,6,14H2,1-2H3. The van der Waals surface area contributed by atoms with Crippen LogP contribution in [-0.4, -0.2) is 9.97 Å². The highest BCUT2D eigenvalue weighted by molar-refractivity contribution is 7.18. The second kappa shape index (κ2) is 4.79. The quantitative estimate of drug-likeness (QED) is 0.724. The third-order valence-electron chi connectivity index (χ3n) is 2.79. The Balaban J connectivity index is 1.85. The molecule has 0 saturated carbocycles. The van der Waals surface area contributed by atoms with Crippen LogP contribution in [0.15, 0.2) is 18.3 Å². The van der Waals surface area contributed by atoms with Crippen molar-refractivity contribution in [3.8, 4) is 0 Å². The number of thiazole rings is 2. The molecule has 4 nitrogen and oxygen atoms in total. The van der Waals surface area contributed by atoms with E-state index in [1.165, 1.54) is 4.88 Å². The molecule has 0 unspecified atom stereocenters. The zero-order chi connectivity index (χ0) is 13.4. The van der Waals surface area contributed by atoms with Crippen molar-refractivity contribution in [1.29, 1.82) is 0 Å². The zero-order valence-corrected chi connectivity index (χ0v) is 12.4. The number of nitrogen functional groups attached to an aromatic ring is 1. The molecule has 0 radical (unpaired) electrons. The minimum atomic E-state index is 0.740. The minimum Gasteiger partial charge on any atom is -0.397 e. The largest absolute Gasteiger partial charge is 0.397 e. The van der Waals surface area contributed by atoms with Crippen LogP contribution in [0.1, 0.15) is 14.9 Å². The number of aryl methyl sites for hydroxylation is 2. The van der Waals surface area contributed by atoms with Gasteiger partial charge in [0.25, 0.3) is 0 Å². The zero-order valence-electron chi connectivity index (χ0n) is 10.7. The Morgan fingerprint density at radius 2 is 2.05 bits per heavy atom. The van der Waals surface area contributed by atoms with Gasteiger partial charge in [-0.1, -0.05) is 0 Å². The summed E-state index contributed by atoms with van der Waals surface area (Å²) >= 11 is 3.36. The average Bonchev–Trinajstić information content (AvgIpc) is 2.91. The summed E-state index contributed by atoms with van der Waals surface area (Å²) < 4.78 is 1.13. The predicted octanol–water partition coefficient (Wildman–Crippen LogP) is 3.56. The van der Waals surface area contributed by atoms with E-state index >= 15 is 0 Å². The molecule has 0 atom stereocenters. The Kier molecular flexibility index (Phi) is 3.12. The van der Waals surface area contributed by atoms with Crippen LogP contribution in [0, 0.1) is 13.8 Å². The molecule has 1 aromatic carbocycles. The molecular formula is C13H14N4S2. The van der Waals surface area contributed by atoms with Crippen molar-refractivity contribution >= 4 is 44.3 Å². The molecule has 3 aromatic rings. The number of nitrogens with two attached hydrogens (primary N) is 1. The highest BCUT2D eigenvalue weighted by Crippen LogP contribution is 2.30. The SMILES string of the molecule is Cc1ncc(CNc2cc3nc(C)sc3cc2N)s1. The molecule has 2 heterocycles. The van der Waals surface area contributed by atoms with Crippen molar-refractivity contribution in [2.24, 2.45) is 0 Å². The molecule has 0 bridgehead atoms. The highest BCUT2D eigenvalue weighted by atomic mass is 32.1. The van der Waals surface area contributed by atoms with Crippen molar-refractivity contribution < 1.29 is 0 Å². The summed E-state index contributed by atoms with van der Waals surface area (Å²) in [6, 6.07) is 4.00. The van der Waals surface area contributed by atoms with Crippen molar-refractivity contribution in [3.05, 3.63) is 33.2 Å². The lowest BCUT2D eigenvalue weighted by Gasteiger charge is -2.07. The predicted molar refractivity (Wildman–Crippen MR) is 82.9 cm³/mol. The lowest BCUT2D eigenvalue weighted by atomic mass is 10.2. The molecule has 6 heteroatoms. The summed E-state index contributed by atoms with van der Waals surface area (Å²) in [6.45, 7) is 4.75. The smallest absolute Gasteiger partial charge is 0.0907 e. The van der Waals surface area contributed by atoms with Gasteiger partial charge in [0.2, 0.25) is 0 Å². The number of nitrogens with zero attached hydrogens (tertiary/aromatic N) is 2. The first-order valence-electron chi connectivity index (χ1n) is 5.93. The first kappa shape index (κ1) is 12.4. The lowest BCUT2D eigenvalue weighted by Crippen LogP contribution is -2.01. The number of hydrogen-bond donors (Lipinski definition) is 2. The van der Waals surface area contributed by atoms with Crippen LogP contribution < -0.4 is 11.1 Å². The van der Waals surface area contributed by atoms with Crippen molar-refractivity contribution in [2.75, 3.05) is 11.1 Å². The van der Waals surface area contributed by atoms with Gasteiger partial charge >= 0.3 is 0 Å². The Labute approximate surface area is 119 Å². The van der Waals surface area contributed by atoms with Crippen LogP contribution in [0.3, 0.4) is 0 Å². The van der Waals surface area contributed by atoms with E-state index in [1.807, 2.05) is 32.2 Å². The number of nitrogens with one attached hydrogen (secondary N) is 1. The monoisotopic (exact) mass is 290 g/mol. The van der Waals surface area contributed by atoms with E-state index < -0.39 is 0 Å². The van der Waals surface area contributed by atoms with E-state index in [0.717, 1.165) is 38.2 Å². The summed E-state index contributed by atoms with van der Waals surface area (Å²) in [7, 11) is 0. The topological polar surface area (TPSA) is 63.8 Å². The molecule has 0 fully saturated rings. The third kappa shape index (κ3) is 2.54. The van der Waals surface area contributed by atoms with E-state index in [1.54, 1.807) is 22.7 Å².